The first kappa shape index (κ1) is 47.1. The summed E-state index contributed by atoms with van der Waals surface area (Å²) in [5.41, 5.74) is 13.8. The minimum atomic E-state index is 0.715. The summed E-state index contributed by atoms with van der Waals surface area (Å²) >= 11 is 3.56. The van der Waals surface area contributed by atoms with Gasteiger partial charge in [-0.15, -0.1) is 22.7 Å². The monoisotopic (exact) mass is 975 g/mol. The van der Waals surface area contributed by atoms with Gasteiger partial charge in [0.05, 0.1) is 69.5 Å². The zero-order valence-corrected chi connectivity index (χ0v) is 42.7. The molecule has 0 aromatic carbocycles. The average Bonchev–Trinajstić information content (AvgIpc) is 4.28. The number of hydrogen-bond donors (Lipinski definition) is 5. The Balaban J connectivity index is 0.000000161. The first-order chi connectivity index (χ1) is 34.7. The number of rotatable bonds is 9. The fourth-order valence-corrected chi connectivity index (χ4v) is 11.1. The number of allylic oxidation sites excluding steroid dienone is 1. The van der Waals surface area contributed by atoms with Crippen LogP contribution >= 0.6 is 22.7 Å². The SMILES string of the molecule is C=C(/C=c1/c(-c2cc3c(-c4ccc(C)s4)cncc3[nH]2)n[nH]/c1=C/C)c1cncc(CC2CCNCC2)c1.CC.Cc1ccc(-c2cncc3[nH]c(-c4n[nH]c5cnc(-c6cnc(C)n6C)cc45)cc23)s1. The molecular weight excluding hydrogens is 919 g/mol. The molecular formula is C56H57N13S2. The normalized spacial score (nSPS) is 13.5. The summed E-state index contributed by atoms with van der Waals surface area (Å²) in [7, 11) is 2.00. The number of hydrogen-bond acceptors (Lipinski definition) is 10. The van der Waals surface area contributed by atoms with Gasteiger partial charge < -0.3 is 19.9 Å². The molecule has 0 bridgehead atoms. The molecule has 15 heteroatoms. The van der Waals surface area contributed by atoms with Crippen LogP contribution in [0.3, 0.4) is 0 Å². The molecule has 1 aliphatic rings. The molecule has 12 heterocycles. The van der Waals surface area contributed by atoms with Crippen LogP contribution in [0.25, 0.3) is 105 Å². The van der Waals surface area contributed by atoms with E-state index in [1.54, 1.807) is 22.7 Å². The predicted octanol–water partition coefficient (Wildman–Crippen LogP) is 11.5. The molecule has 0 unspecified atom stereocenters. The Morgan fingerprint density at radius 1 is 0.704 bits per heavy atom. The summed E-state index contributed by atoms with van der Waals surface area (Å²) < 4.78 is 2.04. The lowest BCUT2D eigenvalue weighted by Crippen LogP contribution is -2.28. The molecule has 11 aromatic heterocycles. The van der Waals surface area contributed by atoms with Crippen molar-refractivity contribution >= 4 is 73.1 Å². The van der Waals surface area contributed by atoms with E-state index in [9.17, 15) is 0 Å². The Labute approximate surface area is 420 Å². The van der Waals surface area contributed by atoms with Crippen molar-refractivity contribution in [2.75, 3.05) is 13.1 Å². The summed E-state index contributed by atoms with van der Waals surface area (Å²) in [6.07, 6.45) is 22.9. The van der Waals surface area contributed by atoms with Gasteiger partial charge in [-0.05, 0) is 137 Å². The van der Waals surface area contributed by atoms with Gasteiger partial charge in [-0.2, -0.15) is 10.2 Å². The largest absolute Gasteiger partial charge is 0.352 e. The zero-order valence-electron chi connectivity index (χ0n) is 41.1. The van der Waals surface area contributed by atoms with Crippen LogP contribution in [0.1, 0.15) is 60.3 Å². The van der Waals surface area contributed by atoms with E-state index < -0.39 is 0 Å². The third-order valence-corrected chi connectivity index (χ3v) is 15.2. The third-order valence-electron chi connectivity index (χ3n) is 13.1. The van der Waals surface area contributed by atoms with Crippen molar-refractivity contribution in [3.63, 3.8) is 0 Å². The maximum atomic E-state index is 4.70. The number of imidazole rings is 1. The molecule has 13 nitrogen and oxygen atoms in total. The number of pyridine rings is 4. The lowest BCUT2D eigenvalue weighted by Gasteiger charge is -2.22. The molecule has 71 heavy (non-hydrogen) atoms. The van der Waals surface area contributed by atoms with Gasteiger partial charge in [-0.1, -0.05) is 26.5 Å². The van der Waals surface area contributed by atoms with Gasteiger partial charge in [-0.3, -0.25) is 30.1 Å². The lowest BCUT2D eigenvalue weighted by atomic mass is 9.91. The summed E-state index contributed by atoms with van der Waals surface area (Å²) in [5, 5.41) is 24.3. The minimum Gasteiger partial charge on any atom is -0.352 e. The minimum absolute atomic E-state index is 0.715. The van der Waals surface area contributed by atoms with Crippen LogP contribution in [-0.2, 0) is 13.5 Å². The first-order valence-electron chi connectivity index (χ1n) is 24.1. The number of nitrogens with zero attached hydrogens (tertiary/aromatic N) is 8. The molecule has 1 saturated heterocycles. The van der Waals surface area contributed by atoms with Gasteiger partial charge in [0, 0.05) is 83.8 Å². The first-order valence-corrected chi connectivity index (χ1v) is 25.8. The molecule has 0 atom stereocenters. The van der Waals surface area contributed by atoms with E-state index in [1.165, 1.54) is 37.9 Å². The van der Waals surface area contributed by atoms with Crippen molar-refractivity contribution in [1.82, 2.24) is 65.2 Å². The number of piperidine rings is 1. The van der Waals surface area contributed by atoms with Crippen molar-refractivity contribution in [3.8, 4) is 55.0 Å². The van der Waals surface area contributed by atoms with Crippen LogP contribution in [-0.4, -0.2) is 72.9 Å². The number of aryl methyl sites for hydroxylation is 3. The third kappa shape index (κ3) is 9.55. The predicted molar refractivity (Wildman–Crippen MR) is 293 cm³/mol. The summed E-state index contributed by atoms with van der Waals surface area (Å²) in [6, 6.07) is 17.3. The highest BCUT2D eigenvalue weighted by Gasteiger charge is 2.19. The van der Waals surface area contributed by atoms with Gasteiger partial charge in [0.25, 0.3) is 0 Å². The Morgan fingerprint density at radius 3 is 1.94 bits per heavy atom. The second-order valence-electron chi connectivity index (χ2n) is 17.8. The number of nitrogens with one attached hydrogen (secondary N) is 5. The van der Waals surface area contributed by atoms with Crippen molar-refractivity contribution in [1.29, 1.82) is 0 Å². The van der Waals surface area contributed by atoms with Gasteiger partial charge >= 0.3 is 0 Å². The van der Waals surface area contributed by atoms with E-state index in [0.717, 1.165) is 125 Å². The molecule has 0 radical (unpaired) electrons. The van der Waals surface area contributed by atoms with Crippen LogP contribution in [0.5, 0.6) is 0 Å². The summed E-state index contributed by atoms with van der Waals surface area (Å²) in [5.74, 6) is 1.66. The van der Waals surface area contributed by atoms with Gasteiger partial charge in [-0.25, -0.2) is 4.98 Å². The summed E-state index contributed by atoms with van der Waals surface area (Å²) in [6.45, 7) is 18.9. The highest BCUT2D eigenvalue weighted by molar-refractivity contribution is 7.15. The number of fused-ring (bicyclic) bond motifs is 3. The number of H-pyrrole nitrogens is 4. The Morgan fingerprint density at radius 2 is 1.34 bits per heavy atom. The van der Waals surface area contributed by atoms with E-state index in [1.807, 2.05) is 95.0 Å². The molecule has 5 N–H and O–H groups in total. The maximum Gasteiger partial charge on any atom is 0.116 e. The van der Waals surface area contributed by atoms with Gasteiger partial charge in [0.2, 0.25) is 0 Å². The summed E-state index contributed by atoms with van der Waals surface area (Å²) in [4.78, 5) is 34.6. The van der Waals surface area contributed by atoms with Crippen molar-refractivity contribution in [3.05, 3.63) is 142 Å². The second-order valence-corrected chi connectivity index (χ2v) is 20.3. The molecule has 12 rings (SSSR count). The van der Waals surface area contributed by atoms with Crippen molar-refractivity contribution < 1.29 is 0 Å². The number of thiophene rings is 2. The molecule has 11 aromatic rings. The van der Waals surface area contributed by atoms with Crippen LogP contribution in [0.15, 0.2) is 105 Å². The Kier molecular flexibility index (Phi) is 13.5. The standard InChI is InChI=1S/C31H32N6S.C23H19N7S.C2H6/c1-4-27-25(11-19(2)23-13-22(15-33-16-23)12-21-7-9-32-10-8-21)31(37-36-27)28-14-24-26(17-34-18-29(24)35-28)30-6-5-20(3)38-30;1-12-4-5-22(31-12)16-8-24-9-19-14(16)6-18(27-19)23-15-7-17(26-10-20(15)28-29-23)21-11-25-13(2)30(21)3;1-2/h4-6,11,13-18,21,32,35-36H,2,7-10,12H2,1,3H3;4-11,27H,1-3H3,(H,28,29);1-2H3/b25-11+,27-4+;;. The average molecular weight is 976 g/mol. The second kappa shape index (κ2) is 20.4. The molecule has 0 spiro atoms. The molecule has 1 fully saturated rings. The zero-order chi connectivity index (χ0) is 49.2. The highest BCUT2D eigenvalue weighted by atomic mass is 32.1. The number of aromatic nitrogens is 12. The fourth-order valence-electron chi connectivity index (χ4n) is 9.30. The quantitative estimate of drug-likeness (QED) is 0.0951. The van der Waals surface area contributed by atoms with Crippen LogP contribution < -0.4 is 15.9 Å². The van der Waals surface area contributed by atoms with E-state index >= 15 is 0 Å². The van der Waals surface area contributed by atoms with E-state index in [-0.39, 0.29) is 0 Å². The Bertz CT molecular complexity index is 3810. The van der Waals surface area contributed by atoms with Crippen molar-refractivity contribution in [2.45, 2.75) is 60.8 Å². The van der Waals surface area contributed by atoms with Crippen LogP contribution in [0.4, 0.5) is 0 Å². The lowest BCUT2D eigenvalue weighted by molar-refractivity contribution is 0.372. The van der Waals surface area contributed by atoms with E-state index in [2.05, 4.69) is 131 Å². The Hall–Kier alpha value is -7.59. The smallest absolute Gasteiger partial charge is 0.116 e. The number of aromatic amines is 4. The van der Waals surface area contributed by atoms with E-state index in [0.29, 0.717) is 5.92 Å². The molecule has 358 valence electrons. The highest BCUT2D eigenvalue weighted by Crippen LogP contribution is 2.37. The van der Waals surface area contributed by atoms with Crippen LogP contribution in [0, 0.1) is 26.7 Å². The van der Waals surface area contributed by atoms with Gasteiger partial charge in [0.15, 0.2) is 0 Å². The van der Waals surface area contributed by atoms with Crippen LogP contribution in [0.2, 0.25) is 0 Å². The van der Waals surface area contributed by atoms with Crippen molar-refractivity contribution in [2.24, 2.45) is 13.0 Å². The molecule has 1 aliphatic heterocycles. The van der Waals surface area contributed by atoms with Gasteiger partial charge in [0.1, 0.15) is 17.2 Å². The molecule has 0 aliphatic carbocycles. The molecule has 0 saturated carbocycles. The molecule has 0 amide bonds. The maximum absolute atomic E-state index is 4.70. The van der Waals surface area contributed by atoms with E-state index in [4.69, 9.17) is 5.10 Å². The fraction of sp³-hybridized carbons (Fsp3) is 0.232. The topological polar surface area (TPSA) is 170 Å².